The van der Waals surface area contributed by atoms with E-state index >= 15 is 4.39 Å². The number of aromatic nitrogens is 1. The molecule has 24 heavy (non-hydrogen) atoms. The van der Waals surface area contributed by atoms with Crippen LogP contribution in [0.3, 0.4) is 0 Å². The molecule has 3 nitrogen and oxygen atoms in total. The lowest BCUT2D eigenvalue weighted by atomic mass is 9.77. The Morgan fingerprint density at radius 2 is 2.04 bits per heavy atom. The van der Waals surface area contributed by atoms with Crippen LogP contribution in [0.2, 0.25) is 0 Å². The molecular weight excluding hydrogens is 305 g/mol. The lowest BCUT2D eigenvalue weighted by Gasteiger charge is -2.32. The number of alkyl halides is 1. The molecule has 1 N–H and O–H groups in total. The number of aliphatic hydroxyl groups excluding tert-OH is 1. The number of pyridine rings is 1. The Morgan fingerprint density at radius 3 is 2.83 bits per heavy atom. The van der Waals surface area contributed by atoms with Gasteiger partial charge in [-0.05, 0) is 42.7 Å². The Bertz CT molecular complexity index is 763. The summed E-state index contributed by atoms with van der Waals surface area (Å²) in [7, 11) is 0. The Kier molecular flexibility index (Phi) is 3.72. The van der Waals surface area contributed by atoms with E-state index in [0.29, 0.717) is 11.6 Å². The Balaban J connectivity index is 1.52. The van der Waals surface area contributed by atoms with Crippen LogP contribution in [0.25, 0.3) is 0 Å². The number of nitrogens with zero attached hydrogens (tertiary/aromatic N) is 1. The maximum Gasteiger partial charge on any atom is 0.195 e. The molecule has 0 amide bonds. The van der Waals surface area contributed by atoms with E-state index in [0.717, 1.165) is 6.42 Å². The van der Waals surface area contributed by atoms with Crippen LogP contribution in [0.5, 0.6) is 0 Å². The molecule has 0 spiro atoms. The highest BCUT2D eigenvalue weighted by atomic mass is 19.1. The predicted molar refractivity (Wildman–Crippen MR) is 88.1 cm³/mol. The molecule has 0 radical (unpaired) electrons. The Labute approximate surface area is 140 Å². The average molecular weight is 325 g/mol. The summed E-state index contributed by atoms with van der Waals surface area (Å²) in [5, 5.41) is 10.0. The van der Waals surface area contributed by atoms with Gasteiger partial charge in [-0.25, -0.2) is 4.39 Å². The highest BCUT2D eigenvalue weighted by Gasteiger charge is 2.49. The molecule has 1 heterocycles. The number of rotatable bonds is 4. The largest absolute Gasteiger partial charge is 0.387 e. The molecule has 1 aromatic carbocycles. The van der Waals surface area contributed by atoms with Gasteiger partial charge in [-0.15, -0.1) is 0 Å². The molecule has 2 aromatic rings. The molecule has 0 unspecified atom stereocenters. The minimum absolute atomic E-state index is 0.0361. The van der Waals surface area contributed by atoms with Gasteiger partial charge in [0.05, 0.1) is 11.8 Å². The monoisotopic (exact) mass is 325 g/mol. The third-order valence-electron chi connectivity index (χ3n) is 5.38. The van der Waals surface area contributed by atoms with Crippen molar-refractivity contribution in [2.24, 2.45) is 5.92 Å². The Hall–Kier alpha value is -2.07. The minimum Gasteiger partial charge on any atom is -0.387 e. The summed E-state index contributed by atoms with van der Waals surface area (Å²) in [6.45, 7) is 0. The summed E-state index contributed by atoms with van der Waals surface area (Å²) < 4.78 is 15.5. The molecule has 2 aliphatic rings. The SMILES string of the molecule is O=C(C[C@H]1C[C@@H]1c1ccccc1)[C@]1(F)CC[C@H](O)c2ncccc21. The minimum atomic E-state index is -2.01. The number of hydrogen-bond donors (Lipinski definition) is 1. The maximum absolute atomic E-state index is 15.5. The fourth-order valence-corrected chi connectivity index (χ4v) is 3.90. The standard InChI is InChI=1S/C20H20FNO2/c21-20(9-8-17(23)19-16(20)7-4-10-22-19)18(24)12-14-11-15(14)13-5-2-1-3-6-13/h1-7,10,14-15,17,23H,8-9,11-12H2/t14-,15-,17+,20+/m1/s1. The van der Waals surface area contributed by atoms with Crippen molar-refractivity contribution in [3.05, 3.63) is 65.5 Å². The van der Waals surface area contributed by atoms with Crippen LogP contribution in [-0.4, -0.2) is 15.9 Å². The molecule has 124 valence electrons. The van der Waals surface area contributed by atoms with E-state index in [1.54, 1.807) is 12.1 Å². The highest BCUT2D eigenvalue weighted by molar-refractivity contribution is 5.89. The first kappa shape index (κ1) is 15.5. The predicted octanol–water partition coefficient (Wildman–Crippen LogP) is 3.84. The van der Waals surface area contributed by atoms with Gasteiger partial charge >= 0.3 is 0 Å². The van der Waals surface area contributed by atoms with Crippen LogP contribution in [0, 0.1) is 5.92 Å². The summed E-state index contributed by atoms with van der Waals surface area (Å²) in [6.07, 6.45) is 2.21. The van der Waals surface area contributed by atoms with E-state index in [2.05, 4.69) is 17.1 Å². The number of hydrogen-bond acceptors (Lipinski definition) is 3. The normalized spacial score (nSPS) is 31.3. The third-order valence-corrected chi connectivity index (χ3v) is 5.38. The molecular formula is C20H20FNO2. The molecule has 0 saturated heterocycles. The first-order chi connectivity index (χ1) is 11.6. The highest BCUT2D eigenvalue weighted by Crippen LogP contribution is 2.52. The van der Waals surface area contributed by atoms with Gasteiger partial charge in [0.1, 0.15) is 0 Å². The molecule has 4 atom stereocenters. The van der Waals surface area contributed by atoms with E-state index in [1.165, 1.54) is 11.8 Å². The number of carbonyl (C=O) groups excluding carboxylic acids is 1. The van der Waals surface area contributed by atoms with Crippen molar-refractivity contribution in [3.8, 4) is 0 Å². The van der Waals surface area contributed by atoms with E-state index in [1.807, 2.05) is 18.2 Å². The maximum atomic E-state index is 15.5. The van der Waals surface area contributed by atoms with Crippen LogP contribution in [-0.2, 0) is 10.5 Å². The van der Waals surface area contributed by atoms with Gasteiger partial charge in [-0.3, -0.25) is 9.78 Å². The van der Waals surface area contributed by atoms with Crippen molar-refractivity contribution < 1.29 is 14.3 Å². The first-order valence-corrected chi connectivity index (χ1v) is 8.50. The zero-order valence-electron chi connectivity index (χ0n) is 13.4. The third kappa shape index (κ3) is 2.55. The molecule has 0 aliphatic heterocycles. The molecule has 4 heteroatoms. The van der Waals surface area contributed by atoms with E-state index in [-0.39, 0.29) is 36.5 Å². The van der Waals surface area contributed by atoms with Crippen LogP contribution in [0.15, 0.2) is 48.7 Å². The zero-order chi connectivity index (χ0) is 16.7. The summed E-state index contributed by atoms with van der Waals surface area (Å²) in [5.74, 6) is 0.216. The molecule has 1 fully saturated rings. The van der Waals surface area contributed by atoms with Gasteiger partial charge in [0, 0.05) is 18.2 Å². The topological polar surface area (TPSA) is 50.2 Å². The zero-order valence-corrected chi connectivity index (χ0v) is 13.4. The fraction of sp³-hybridized carbons (Fsp3) is 0.400. The van der Waals surface area contributed by atoms with Crippen molar-refractivity contribution in [1.29, 1.82) is 0 Å². The molecule has 0 bridgehead atoms. The smallest absolute Gasteiger partial charge is 0.195 e. The number of fused-ring (bicyclic) bond motifs is 1. The van der Waals surface area contributed by atoms with Crippen LogP contribution in [0.1, 0.15) is 54.5 Å². The van der Waals surface area contributed by atoms with E-state index in [4.69, 9.17) is 0 Å². The van der Waals surface area contributed by atoms with Crippen molar-refractivity contribution in [1.82, 2.24) is 4.98 Å². The molecule has 1 saturated carbocycles. The van der Waals surface area contributed by atoms with Gasteiger partial charge in [0.15, 0.2) is 11.5 Å². The number of benzene rings is 1. The summed E-state index contributed by atoms with van der Waals surface area (Å²) >= 11 is 0. The van der Waals surface area contributed by atoms with Gasteiger partial charge in [-0.2, -0.15) is 0 Å². The lowest BCUT2D eigenvalue weighted by Crippen LogP contribution is -2.37. The van der Waals surface area contributed by atoms with Crippen LogP contribution < -0.4 is 0 Å². The van der Waals surface area contributed by atoms with Crippen molar-refractivity contribution >= 4 is 5.78 Å². The van der Waals surface area contributed by atoms with Crippen molar-refractivity contribution in [3.63, 3.8) is 0 Å². The van der Waals surface area contributed by atoms with Gasteiger partial charge < -0.3 is 5.11 Å². The van der Waals surface area contributed by atoms with E-state index in [9.17, 15) is 9.90 Å². The quantitative estimate of drug-likeness (QED) is 0.929. The number of carbonyl (C=O) groups is 1. The average Bonchev–Trinajstić information content (AvgIpc) is 3.38. The number of halogens is 1. The summed E-state index contributed by atoms with van der Waals surface area (Å²) in [5.41, 5.74) is -0.211. The second-order valence-corrected chi connectivity index (χ2v) is 6.93. The number of aliphatic hydroxyl groups is 1. The molecule has 2 aliphatic carbocycles. The van der Waals surface area contributed by atoms with Crippen molar-refractivity contribution in [2.75, 3.05) is 0 Å². The van der Waals surface area contributed by atoms with E-state index < -0.39 is 11.8 Å². The number of ketones is 1. The van der Waals surface area contributed by atoms with Crippen LogP contribution >= 0.6 is 0 Å². The van der Waals surface area contributed by atoms with Crippen LogP contribution in [0.4, 0.5) is 4.39 Å². The van der Waals surface area contributed by atoms with Gasteiger partial charge in [0.25, 0.3) is 0 Å². The fourth-order valence-electron chi connectivity index (χ4n) is 3.90. The second-order valence-electron chi connectivity index (χ2n) is 6.93. The number of Topliss-reactive ketones (excluding diaryl/α,β-unsaturated/α-hetero) is 1. The molecule has 4 rings (SSSR count). The molecule has 1 aromatic heterocycles. The Morgan fingerprint density at radius 1 is 1.25 bits per heavy atom. The second kappa shape index (κ2) is 5.78. The van der Waals surface area contributed by atoms with Crippen molar-refractivity contribution in [2.45, 2.75) is 43.4 Å². The summed E-state index contributed by atoms with van der Waals surface area (Å²) in [4.78, 5) is 16.8. The van der Waals surface area contributed by atoms with Gasteiger partial charge in [0.2, 0.25) is 0 Å². The first-order valence-electron chi connectivity index (χ1n) is 8.50. The summed E-state index contributed by atoms with van der Waals surface area (Å²) in [6, 6.07) is 13.3. The van der Waals surface area contributed by atoms with Gasteiger partial charge in [-0.1, -0.05) is 36.4 Å². The lowest BCUT2D eigenvalue weighted by molar-refractivity contribution is -0.133.